The van der Waals surface area contributed by atoms with Gasteiger partial charge < -0.3 is 14.8 Å². The first kappa shape index (κ1) is 19.7. The first-order chi connectivity index (χ1) is 13.0. The number of hydrogen-bond acceptors (Lipinski definition) is 8. The van der Waals surface area contributed by atoms with E-state index in [1.807, 2.05) is 6.07 Å². The van der Waals surface area contributed by atoms with Crippen LogP contribution in [0.25, 0.3) is 6.08 Å². The van der Waals surface area contributed by atoms with E-state index in [1.54, 1.807) is 32.4 Å². The van der Waals surface area contributed by atoms with Gasteiger partial charge in [-0.25, -0.2) is 0 Å². The minimum atomic E-state index is -0.313. The van der Waals surface area contributed by atoms with Crippen LogP contribution in [-0.4, -0.2) is 59.3 Å². The van der Waals surface area contributed by atoms with Gasteiger partial charge in [0.05, 0.1) is 25.7 Å². The highest BCUT2D eigenvalue weighted by molar-refractivity contribution is 8.26. The Morgan fingerprint density at radius 2 is 2.15 bits per heavy atom. The van der Waals surface area contributed by atoms with Crippen molar-refractivity contribution < 1.29 is 19.1 Å². The first-order valence-corrected chi connectivity index (χ1v) is 10.2. The maximum atomic E-state index is 12.6. The van der Waals surface area contributed by atoms with Gasteiger partial charge in [-0.3, -0.25) is 19.5 Å². The number of aliphatic imine (C=N–C) groups is 1. The third-order valence-corrected chi connectivity index (χ3v) is 5.98. The van der Waals surface area contributed by atoms with Gasteiger partial charge in [-0.2, -0.15) is 0 Å². The second-order valence-corrected chi connectivity index (χ2v) is 8.23. The topological polar surface area (TPSA) is 80.2 Å². The van der Waals surface area contributed by atoms with Crippen molar-refractivity contribution in [1.29, 1.82) is 0 Å². The van der Waals surface area contributed by atoms with Crippen LogP contribution in [0.4, 0.5) is 0 Å². The number of nitrogens with zero attached hydrogens (tertiary/aromatic N) is 2. The molecule has 0 saturated carbocycles. The van der Waals surface area contributed by atoms with Crippen molar-refractivity contribution in [3.63, 3.8) is 0 Å². The predicted octanol–water partition coefficient (Wildman–Crippen LogP) is 2.12. The van der Waals surface area contributed by atoms with E-state index in [-0.39, 0.29) is 18.4 Å². The molecule has 7 nitrogen and oxygen atoms in total. The number of methoxy groups -OCH3 is 2. The van der Waals surface area contributed by atoms with Crippen molar-refractivity contribution in [3.05, 3.63) is 28.7 Å². The number of carbonyl (C=O) groups is 2. The molecule has 1 saturated heterocycles. The summed E-state index contributed by atoms with van der Waals surface area (Å²) in [5.74, 6) is 1.41. The summed E-state index contributed by atoms with van der Waals surface area (Å²) in [6.45, 7) is 0.558. The Morgan fingerprint density at radius 1 is 1.37 bits per heavy atom. The molecule has 0 aliphatic carbocycles. The number of amidine groups is 1. The van der Waals surface area contributed by atoms with Crippen LogP contribution in [0.1, 0.15) is 5.56 Å². The van der Waals surface area contributed by atoms with E-state index < -0.39 is 0 Å². The molecular formula is C17H17N3O4S3. The number of benzene rings is 1. The van der Waals surface area contributed by atoms with Crippen LogP contribution >= 0.6 is 35.7 Å². The first-order valence-electron chi connectivity index (χ1n) is 7.96. The van der Waals surface area contributed by atoms with E-state index in [1.165, 1.54) is 28.4 Å². The Bertz CT molecular complexity index is 854. The third kappa shape index (κ3) is 4.63. The molecule has 0 aromatic heterocycles. The molecule has 0 bridgehead atoms. The summed E-state index contributed by atoms with van der Waals surface area (Å²) >= 11 is 7.92. The van der Waals surface area contributed by atoms with Gasteiger partial charge in [0.2, 0.25) is 5.91 Å². The number of thiocarbonyl (C=S) groups is 1. The molecule has 142 valence electrons. The zero-order chi connectivity index (χ0) is 19.4. The minimum Gasteiger partial charge on any atom is -0.493 e. The molecule has 1 fully saturated rings. The van der Waals surface area contributed by atoms with Crippen LogP contribution in [0.15, 0.2) is 28.1 Å². The molecule has 1 aromatic carbocycles. The van der Waals surface area contributed by atoms with Gasteiger partial charge in [0.15, 0.2) is 16.7 Å². The van der Waals surface area contributed by atoms with E-state index in [4.69, 9.17) is 21.7 Å². The average molecular weight is 424 g/mol. The zero-order valence-electron chi connectivity index (χ0n) is 14.7. The quantitative estimate of drug-likeness (QED) is 0.574. The number of carbonyl (C=O) groups excluding carboxylic acids is 2. The molecule has 2 aliphatic heterocycles. The van der Waals surface area contributed by atoms with Crippen LogP contribution in [-0.2, 0) is 9.59 Å². The Kier molecular flexibility index (Phi) is 6.40. The monoisotopic (exact) mass is 423 g/mol. The second-order valence-electron chi connectivity index (χ2n) is 5.47. The Labute approximate surface area is 170 Å². The molecule has 2 amide bonds. The van der Waals surface area contributed by atoms with Crippen molar-refractivity contribution in [2.24, 2.45) is 4.99 Å². The number of hydrogen-bond donors (Lipinski definition) is 1. The van der Waals surface area contributed by atoms with E-state index in [0.29, 0.717) is 32.4 Å². The summed E-state index contributed by atoms with van der Waals surface area (Å²) in [6, 6.07) is 5.35. The van der Waals surface area contributed by atoms with Gasteiger partial charge in [0.1, 0.15) is 10.9 Å². The van der Waals surface area contributed by atoms with Gasteiger partial charge in [0, 0.05) is 5.75 Å². The number of ether oxygens (including phenoxy) is 2. The summed E-state index contributed by atoms with van der Waals surface area (Å²) in [7, 11) is 3.11. The summed E-state index contributed by atoms with van der Waals surface area (Å²) in [6.07, 6.45) is 1.72. The average Bonchev–Trinajstić information content (AvgIpc) is 3.25. The fourth-order valence-corrected chi connectivity index (χ4v) is 4.44. The summed E-state index contributed by atoms with van der Waals surface area (Å²) < 4.78 is 10.8. The maximum absolute atomic E-state index is 12.6. The van der Waals surface area contributed by atoms with E-state index >= 15 is 0 Å². The lowest BCUT2D eigenvalue weighted by Gasteiger charge is -2.13. The van der Waals surface area contributed by atoms with Crippen LogP contribution in [0.5, 0.6) is 11.5 Å². The number of rotatable bonds is 5. The molecule has 27 heavy (non-hydrogen) atoms. The van der Waals surface area contributed by atoms with Gasteiger partial charge >= 0.3 is 0 Å². The van der Waals surface area contributed by atoms with Crippen molar-refractivity contribution in [2.45, 2.75) is 0 Å². The van der Waals surface area contributed by atoms with Crippen molar-refractivity contribution in [2.75, 3.05) is 33.1 Å². The molecule has 0 unspecified atom stereocenters. The minimum absolute atomic E-state index is 0.131. The largest absolute Gasteiger partial charge is 0.493 e. The fraction of sp³-hybridized carbons (Fsp3) is 0.294. The van der Waals surface area contributed by atoms with E-state index in [0.717, 1.165) is 11.3 Å². The summed E-state index contributed by atoms with van der Waals surface area (Å²) in [5.41, 5.74) is 0.773. The standard InChI is InChI=1S/C17H17N3O4S3/c1-23-11-4-3-10(7-12(11)24-2)8-13-15(22)20(17(25)27-13)9-14(21)19-16-18-5-6-26-16/h3-4,7-8H,5-6,9H2,1-2H3,(H,18,19,21)/b13-8+. The highest BCUT2D eigenvalue weighted by Crippen LogP contribution is 2.34. The molecule has 0 atom stereocenters. The van der Waals surface area contributed by atoms with Crippen molar-refractivity contribution >= 4 is 63.1 Å². The van der Waals surface area contributed by atoms with Crippen LogP contribution in [0.2, 0.25) is 0 Å². The summed E-state index contributed by atoms with van der Waals surface area (Å²) in [5, 5.41) is 3.29. The lowest BCUT2D eigenvalue weighted by atomic mass is 10.2. The van der Waals surface area contributed by atoms with Gasteiger partial charge in [-0.1, -0.05) is 41.8 Å². The van der Waals surface area contributed by atoms with Crippen LogP contribution in [0.3, 0.4) is 0 Å². The van der Waals surface area contributed by atoms with Crippen LogP contribution in [0, 0.1) is 0 Å². The molecule has 0 spiro atoms. The number of amides is 2. The lowest BCUT2D eigenvalue weighted by Crippen LogP contribution is -2.40. The maximum Gasteiger partial charge on any atom is 0.266 e. The molecule has 2 heterocycles. The molecule has 1 N–H and O–H groups in total. The van der Waals surface area contributed by atoms with Gasteiger partial charge in [-0.15, -0.1) is 0 Å². The second kappa shape index (κ2) is 8.77. The van der Waals surface area contributed by atoms with E-state index in [2.05, 4.69) is 10.3 Å². The lowest BCUT2D eigenvalue weighted by molar-refractivity contribution is -0.128. The molecule has 2 aliphatic rings. The third-order valence-electron chi connectivity index (χ3n) is 3.71. The SMILES string of the molecule is COc1ccc(/C=C2/SC(=S)N(CC(=O)NC3=NCCS3)C2=O)cc1OC. The Hall–Kier alpha value is -2.04. The fourth-order valence-electron chi connectivity index (χ4n) is 2.44. The highest BCUT2D eigenvalue weighted by Gasteiger charge is 2.33. The smallest absolute Gasteiger partial charge is 0.266 e. The predicted molar refractivity (Wildman–Crippen MR) is 112 cm³/mol. The zero-order valence-corrected chi connectivity index (χ0v) is 17.1. The van der Waals surface area contributed by atoms with Gasteiger partial charge in [-0.05, 0) is 23.8 Å². The number of nitrogens with one attached hydrogen (secondary N) is 1. The van der Waals surface area contributed by atoms with Crippen molar-refractivity contribution in [1.82, 2.24) is 10.2 Å². The Morgan fingerprint density at radius 3 is 2.81 bits per heavy atom. The Balaban J connectivity index is 1.71. The summed E-state index contributed by atoms with van der Waals surface area (Å²) in [4.78, 5) is 30.7. The van der Waals surface area contributed by atoms with E-state index in [9.17, 15) is 9.59 Å². The molecule has 0 radical (unpaired) electrons. The molecule has 10 heteroatoms. The highest BCUT2D eigenvalue weighted by atomic mass is 32.2. The van der Waals surface area contributed by atoms with Gasteiger partial charge in [0.25, 0.3) is 5.91 Å². The normalized spacial score (nSPS) is 18.1. The molecular weight excluding hydrogens is 406 g/mol. The molecule has 3 rings (SSSR count). The molecule has 1 aromatic rings. The number of thioether (sulfide) groups is 2. The van der Waals surface area contributed by atoms with Crippen molar-refractivity contribution in [3.8, 4) is 11.5 Å². The van der Waals surface area contributed by atoms with Crippen LogP contribution < -0.4 is 14.8 Å².